The van der Waals surface area contributed by atoms with Crippen molar-refractivity contribution in [3.8, 4) is 5.75 Å². The molecular formula is C26H29NO2. The van der Waals surface area contributed by atoms with Crippen LogP contribution < -0.4 is 10.1 Å². The first-order valence-electron chi connectivity index (χ1n) is 10.0. The smallest absolute Gasteiger partial charge is 0.221 e. The second-order valence-electron chi connectivity index (χ2n) is 7.58. The highest BCUT2D eigenvalue weighted by molar-refractivity contribution is 5.77. The van der Waals surface area contributed by atoms with E-state index >= 15 is 0 Å². The Morgan fingerprint density at radius 2 is 1.69 bits per heavy atom. The molecule has 0 aromatic heterocycles. The molecule has 3 nitrogen and oxygen atoms in total. The number of hydrogen-bond acceptors (Lipinski definition) is 2. The molecule has 29 heavy (non-hydrogen) atoms. The number of benzene rings is 3. The molecule has 0 saturated carbocycles. The van der Waals surface area contributed by atoms with E-state index in [0.717, 1.165) is 28.0 Å². The van der Waals surface area contributed by atoms with Gasteiger partial charge in [-0.15, -0.1) is 0 Å². The summed E-state index contributed by atoms with van der Waals surface area (Å²) in [5, 5.41) is 3.25. The molecule has 0 aliphatic heterocycles. The van der Waals surface area contributed by atoms with Crippen molar-refractivity contribution in [3.05, 3.63) is 100 Å². The molecule has 0 aliphatic rings. The van der Waals surface area contributed by atoms with Gasteiger partial charge in [0, 0.05) is 6.42 Å². The fourth-order valence-electron chi connectivity index (χ4n) is 3.72. The van der Waals surface area contributed by atoms with Crippen molar-refractivity contribution in [2.24, 2.45) is 0 Å². The van der Waals surface area contributed by atoms with Crippen LogP contribution in [0.3, 0.4) is 0 Å². The molecule has 0 spiro atoms. The molecule has 1 unspecified atom stereocenters. The number of amides is 1. The van der Waals surface area contributed by atoms with Gasteiger partial charge in [0.1, 0.15) is 5.75 Å². The first kappa shape index (κ1) is 20.7. The maximum Gasteiger partial charge on any atom is 0.221 e. The van der Waals surface area contributed by atoms with Crippen molar-refractivity contribution in [1.29, 1.82) is 0 Å². The maximum atomic E-state index is 12.8. The third-order valence-corrected chi connectivity index (χ3v) is 5.27. The molecule has 1 amide bonds. The van der Waals surface area contributed by atoms with E-state index in [1.165, 1.54) is 11.1 Å². The Labute approximate surface area is 173 Å². The minimum Gasteiger partial charge on any atom is -0.496 e. The van der Waals surface area contributed by atoms with Gasteiger partial charge in [-0.25, -0.2) is 0 Å². The summed E-state index contributed by atoms with van der Waals surface area (Å²) in [7, 11) is 1.67. The lowest BCUT2D eigenvalue weighted by molar-refractivity contribution is -0.121. The fourth-order valence-corrected chi connectivity index (χ4v) is 3.72. The van der Waals surface area contributed by atoms with Crippen molar-refractivity contribution >= 4 is 5.91 Å². The van der Waals surface area contributed by atoms with Gasteiger partial charge in [-0.2, -0.15) is 0 Å². The Hall–Kier alpha value is -3.07. The van der Waals surface area contributed by atoms with Crippen LogP contribution in [0.2, 0.25) is 0 Å². The van der Waals surface area contributed by atoms with Crippen LogP contribution in [0.15, 0.2) is 66.7 Å². The lowest BCUT2D eigenvalue weighted by Gasteiger charge is -2.22. The van der Waals surface area contributed by atoms with E-state index in [1.54, 1.807) is 7.11 Å². The summed E-state index contributed by atoms with van der Waals surface area (Å²) in [5.41, 5.74) is 6.86. The molecule has 0 aliphatic carbocycles. The summed E-state index contributed by atoms with van der Waals surface area (Å²) < 4.78 is 5.32. The normalized spacial score (nSPS) is 11.7. The van der Waals surface area contributed by atoms with E-state index in [4.69, 9.17) is 4.74 Å². The molecule has 1 atom stereocenters. The zero-order chi connectivity index (χ0) is 20.8. The van der Waals surface area contributed by atoms with E-state index in [2.05, 4.69) is 55.6 Å². The SMILES string of the molecule is COc1ccc(CCC(=O)NC(c2ccccc2)c2ccc(C)cc2C)cc1C. The lowest BCUT2D eigenvalue weighted by Crippen LogP contribution is -2.30. The van der Waals surface area contributed by atoms with Gasteiger partial charge in [0.05, 0.1) is 13.2 Å². The third kappa shape index (κ3) is 5.26. The number of carbonyl (C=O) groups is 1. The zero-order valence-corrected chi connectivity index (χ0v) is 17.7. The summed E-state index contributed by atoms with van der Waals surface area (Å²) in [6.45, 7) is 6.21. The van der Waals surface area contributed by atoms with Gasteiger partial charge in [0.15, 0.2) is 0 Å². The van der Waals surface area contributed by atoms with Gasteiger partial charge >= 0.3 is 0 Å². The van der Waals surface area contributed by atoms with Gasteiger partial charge in [-0.3, -0.25) is 4.79 Å². The number of rotatable bonds is 7. The summed E-state index contributed by atoms with van der Waals surface area (Å²) in [6.07, 6.45) is 1.14. The predicted molar refractivity (Wildman–Crippen MR) is 118 cm³/mol. The van der Waals surface area contributed by atoms with Crippen molar-refractivity contribution in [1.82, 2.24) is 5.32 Å². The van der Waals surface area contributed by atoms with Crippen LogP contribution in [0.4, 0.5) is 0 Å². The summed E-state index contributed by atoms with van der Waals surface area (Å²) in [4.78, 5) is 12.8. The Bertz CT molecular complexity index is 979. The largest absolute Gasteiger partial charge is 0.496 e. The number of methoxy groups -OCH3 is 1. The van der Waals surface area contributed by atoms with E-state index < -0.39 is 0 Å². The van der Waals surface area contributed by atoms with Crippen molar-refractivity contribution in [3.63, 3.8) is 0 Å². The highest BCUT2D eigenvalue weighted by Crippen LogP contribution is 2.26. The van der Waals surface area contributed by atoms with Crippen LogP contribution in [-0.4, -0.2) is 13.0 Å². The first-order chi connectivity index (χ1) is 14.0. The van der Waals surface area contributed by atoms with Crippen molar-refractivity contribution < 1.29 is 9.53 Å². The molecule has 0 saturated heterocycles. The molecule has 150 valence electrons. The average Bonchev–Trinajstić information content (AvgIpc) is 2.72. The lowest BCUT2D eigenvalue weighted by atomic mass is 9.93. The maximum absolute atomic E-state index is 12.8. The quantitative estimate of drug-likeness (QED) is 0.585. The highest BCUT2D eigenvalue weighted by atomic mass is 16.5. The fraction of sp³-hybridized carbons (Fsp3) is 0.269. The molecule has 0 bridgehead atoms. The molecule has 0 heterocycles. The van der Waals surface area contributed by atoms with Crippen LogP contribution in [-0.2, 0) is 11.2 Å². The summed E-state index contributed by atoms with van der Waals surface area (Å²) in [5.74, 6) is 0.921. The number of nitrogens with one attached hydrogen (secondary N) is 1. The molecule has 1 N–H and O–H groups in total. The van der Waals surface area contributed by atoms with Crippen LogP contribution in [0, 0.1) is 20.8 Å². The van der Waals surface area contributed by atoms with Crippen molar-refractivity contribution in [2.45, 2.75) is 39.7 Å². The molecule has 0 fully saturated rings. The van der Waals surface area contributed by atoms with Crippen LogP contribution >= 0.6 is 0 Å². The molecule has 3 rings (SSSR count). The molecule has 0 radical (unpaired) electrons. The van der Waals surface area contributed by atoms with E-state index in [9.17, 15) is 4.79 Å². The second kappa shape index (κ2) is 9.42. The van der Waals surface area contributed by atoms with Gasteiger partial charge in [0.2, 0.25) is 5.91 Å². The topological polar surface area (TPSA) is 38.3 Å². The first-order valence-corrected chi connectivity index (χ1v) is 10.0. The Kier molecular flexibility index (Phi) is 6.71. The monoisotopic (exact) mass is 387 g/mol. The Morgan fingerprint density at radius 3 is 2.34 bits per heavy atom. The minimum absolute atomic E-state index is 0.0484. The average molecular weight is 388 g/mol. The number of aryl methyl sites for hydroxylation is 4. The van der Waals surface area contributed by atoms with Gasteiger partial charge in [0.25, 0.3) is 0 Å². The third-order valence-electron chi connectivity index (χ3n) is 5.27. The van der Waals surface area contributed by atoms with Crippen molar-refractivity contribution in [2.75, 3.05) is 7.11 Å². The highest BCUT2D eigenvalue weighted by Gasteiger charge is 2.18. The van der Waals surface area contributed by atoms with Crippen LogP contribution in [0.1, 0.15) is 45.8 Å². The second-order valence-corrected chi connectivity index (χ2v) is 7.58. The summed E-state index contributed by atoms with van der Waals surface area (Å²) >= 11 is 0. The van der Waals surface area contributed by atoms with Crippen LogP contribution in [0.5, 0.6) is 5.75 Å². The standard InChI is InChI=1S/C26H29NO2/c1-18-10-13-23(19(2)16-18)26(22-8-6-5-7-9-22)27-25(28)15-12-21-11-14-24(29-4)20(3)17-21/h5-11,13-14,16-17,26H,12,15H2,1-4H3,(H,27,28). The van der Waals surface area contributed by atoms with Gasteiger partial charge in [-0.05, 0) is 61.1 Å². The number of ether oxygens (including phenoxy) is 1. The molecule has 3 aromatic carbocycles. The molecular weight excluding hydrogens is 358 g/mol. The predicted octanol–water partition coefficient (Wildman–Crippen LogP) is 5.46. The van der Waals surface area contributed by atoms with E-state index in [-0.39, 0.29) is 11.9 Å². The Morgan fingerprint density at radius 1 is 0.931 bits per heavy atom. The van der Waals surface area contributed by atoms with Gasteiger partial charge < -0.3 is 10.1 Å². The van der Waals surface area contributed by atoms with E-state index in [1.807, 2.05) is 37.3 Å². The number of hydrogen-bond donors (Lipinski definition) is 1. The van der Waals surface area contributed by atoms with Gasteiger partial charge in [-0.1, -0.05) is 66.2 Å². The summed E-state index contributed by atoms with van der Waals surface area (Å²) in [6, 6.07) is 22.5. The molecule has 3 aromatic rings. The number of carbonyl (C=O) groups excluding carboxylic acids is 1. The Balaban J connectivity index is 1.75. The molecule has 3 heteroatoms. The van der Waals surface area contributed by atoms with Crippen LogP contribution in [0.25, 0.3) is 0 Å². The zero-order valence-electron chi connectivity index (χ0n) is 17.7. The van der Waals surface area contributed by atoms with E-state index in [0.29, 0.717) is 12.8 Å². The minimum atomic E-state index is -0.151.